The molecule has 1 saturated heterocycles. The molecule has 1 unspecified atom stereocenters. The van der Waals surface area contributed by atoms with Crippen LogP contribution >= 0.6 is 0 Å². The average molecular weight is 314 g/mol. The van der Waals surface area contributed by atoms with Crippen molar-refractivity contribution in [2.75, 3.05) is 32.7 Å². The van der Waals surface area contributed by atoms with Crippen LogP contribution in [-0.4, -0.2) is 54.5 Å². The molecule has 5 heteroatoms. The number of benzene rings is 1. The number of amides is 1. The Kier molecular flexibility index (Phi) is 6.57. The lowest BCUT2D eigenvalue weighted by molar-refractivity contribution is -0.119. The van der Waals surface area contributed by atoms with Crippen molar-refractivity contribution in [3.8, 4) is 6.07 Å². The molecule has 1 heterocycles. The summed E-state index contributed by atoms with van der Waals surface area (Å²) in [5, 5.41) is 12.1. The summed E-state index contributed by atoms with van der Waals surface area (Å²) >= 11 is 0. The molecule has 1 aliphatic rings. The summed E-state index contributed by atoms with van der Waals surface area (Å²) in [7, 11) is 0. The van der Waals surface area contributed by atoms with Gasteiger partial charge in [0.1, 0.15) is 0 Å². The van der Waals surface area contributed by atoms with Crippen LogP contribution in [0.1, 0.15) is 31.4 Å². The van der Waals surface area contributed by atoms with Gasteiger partial charge in [-0.05, 0) is 30.7 Å². The maximum atomic E-state index is 11.5. The van der Waals surface area contributed by atoms with Crippen LogP contribution in [0.4, 0.5) is 0 Å². The third-order valence-corrected chi connectivity index (χ3v) is 4.10. The maximum Gasteiger partial charge on any atom is 0.217 e. The minimum Gasteiger partial charge on any atom is -0.351 e. The van der Waals surface area contributed by atoms with E-state index in [1.165, 1.54) is 0 Å². The largest absolute Gasteiger partial charge is 0.351 e. The van der Waals surface area contributed by atoms with Gasteiger partial charge < -0.3 is 5.32 Å². The predicted octanol–water partition coefficient (Wildman–Crippen LogP) is 1.59. The van der Waals surface area contributed by atoms with Gasteiger partial charge in [0.15, 0.2) is 0 Å². The third kappa shape index (κ3) is 5.66. The summed E-state index contributed by atoms with van der Waals surface area (Å²) in [6, 6.07) is 10.1. The molecular weight excluding hydrogens is 288 g/mol. The van der Waals surface area contributed by atoms with Crippen molar-refractivity contribution in [2.45, 2.75) is 32.9 Å². The van der Waals surface area contributed by atoms with Gasteiger partial charge >= 0.3 is 0 Å². The zero-order valence-electron chi connectivity index (χ0n) is 14.1. The number of hydrogen-bond acceptors (Lipinski definition) is 4. The maximum absolute atomic E-state index is 11.5. The monoisotopic (exact) mass is 314 g/mol. The second-order valence-electron chi connectivity index (χ2n) is 6.25. The highest BCUT2D eigenvalue weighted by Crippen LogP contribution is 2.11. The van der Waals surface area contributed by atoms with Crippen LogP contribution in [0.25, 0.3) is 0 Å². The Morgan fingerprint density at radius 3 is 2.78 bits per heavy atom. The predicted molar refractivity (Wildman–Crippen MR) is 90.8 cm³/mol. The van der Waals surface area contributed by atoms with Crippen molar-refractivity contribution in [1.29, 1.82) is 5.26 Å². The number of hydrogen-bond donors (Lipinski definition) is 1. The Bertz CT molecular complexity index is 566. The summed E-state index contributed by atoms with van der Waals surface area (Å²) in [5.41, 5.74) is 1.85. The minimum absolute atomic E-state index is 0.0276. The van der Waals surface area contributed by atoms with Gasteiger partial charge in [-0.3, -0.25) is 14.6 Å². The quantitative estimate of drug-likeness (QED) is 0.897. The van der Waals surface area contributed by atoms with Crippen molar-refractivity contribution >= 4 is 5.91 Å². The Labute approximate surface area is 138 Å². The van der Waals surface area contributed by atoms with Crippen LogP contribution in [0.5, 0.6) is 0 Å². The number of rotatable bonds is 5. The molecule has 0 radical (unpaired) electrons. The fraction of sp³-hybridized carbons (Fsp3) is 0.556. The molecule has 23 heavy (non-hydrogen) atoms. The summed E-state index contributed by atoms with van der Waals surface area (Å²) in [6.45, 7) is 9.38. The van der Waals surface area contributed by atoms with Crippen LogP contribution in [0.3, 0.4) is 0 Å². The van der Waals surface area contributed by atoms with Crippen molar-refractivity contribution in [3.05, 3.63) is 35.4 Å². The van der Waals surface area contributed by atoms with Crippen LogP contribution in [-0.2, 0) is 11.3 Å². The first kappa shape index (κ1) is 17.5. The van der Waals surface area contributed by atoms with Gasteiger partial charge in [-0.15, -0.1) is 0 Å². The second-order valence-corrected chi connectivity index (χ2v) is 6.25. The van der Waals surface area contributed by atoms with E-state index in [-0.39, 0.29) is 11.9 Å². The van der Waals surface area contributed by atoms with Crippen molar-refractivity contribution in [1.82, 2.24) is 15.1 Å². The molecule has 5 nitrogen and oxygen atoms in total. The molecule has 2 rings (SSSR count). The molecule has 1 aromatic carbocycles. The number of carbonyl (C=O) groups is 1. The fourth-order valence-corrected chi connectivity index (χ4v) is 3.19. The van der Waals surface area contributed by atoms with Crippen molar-refractivity contribution in [2.24, 2.45) is 0 Å². The first-order valence-corrected chi connectivity index (χ1v) is 8.31. The third-order valence-electron chi connectivity index (χ3n) is 4.10. The SMILES string of the molecule is CCCN1CCN(Cc2cccc(C#N)c2)CC(NC(C)=O)C1. The average Bonchev–Trinajstić information content (AvgIpc) is 2.69. The second kappa shape index (κ2) is 8.66. The van der Waals surface area contributed by atoms with Gasteiger partial charge in [-0.2, -0.15) is 5.26 Å². The molecule has 1 aromatic rings. The molecule has 1 atom stereocenters. The van der Waals surface area contributed by atoms with Crippen LogP contribution in [0.15, 0.2) is 24.3 Å². The number of nitriles is 1. The molecule has 1 amide bonds. The van der Waals surface area contributed by atoms with E-state index in [1.54, 1.807) is 6.92 Å². The van der Waals surface area contributed by atoms with E-state index in [4.69, 9.17) is 5.26 Å². The number of carbonyl (C=O) groups excluding carboxylic acids is 1. The molecule has 0 saturated carbocycles. The van der Waals surface area contributed by atoms with E-state index in [0.717, 1.165) is 51.3 Å². The van der Waals surface area contributed by atoms with Crippen molar-refractivity contribution in [3.63, 3.8) is 0 Å². The standard InChI is InChI=1S/C18H26N4O/c1-3-7-21-8-9-22(14-18(13-21)20-15(2)23)12-17-6-4-5-16(10-17)11-19/h4-6,10,18H,3,7-9,12-14H2,1-2H3,(H,20,23). The zero-order valence-corrected chi connectivity index (χ0v) is 14.1. The first-order chi connectivity index (χ1) is 11.1. The minimum atomic E-state index is 0.0276. The van der Waals surface area contributed by atoms with E-state index in [1.807, 2.05) is 18.2 Å². The Balaban J connectivity index is 2.05. The number of nitrogens with zero attached hydrogens (tertiary/aromatic N) is 3. The molecule has 0 bridgehead atoms. The first-order valence-electron chi connectivity index (χ1n) is 8.31. The lowest BCUT2D eigenvalue weighted by Crippen LogP contribution is -2.46. The summed E-state index contributed by atoms with van der Waals surface area (Å²) < 4.78 is 0. The Hall–Kier alpha value is -1.90. The van der Waals surface area contributed by atoms with Crippen LogP contribution in [0, 0.1) is 11.3 Å². The van der Waals surface area contributed by atoms with Gasteiger partial charge in [0.2, 0.25) is 5.91 Å². The van der Waals surface area contributed by atoms with Crippen LogP contribution < -0.4 is 5.32 Å². The molecular formula is C18H26N4O. The molecule has 124 valence electrons. The van der Waals surface area contributed by atoms with E-state index in [9.17, 15) is 4.79 Å². The van der Waals surface area contributed by atoms with Gasteiger partial charge in [0.05, 0.1) is 17.7 Å². The lowest BCUT2D eigenvalue weighted by Gasteiger charge is -2.25. The van der Waals surface area contributed by atoms with E-state index < -0.39 is 0 Å². The molecule has 0 aliphatic carbocycles. The fourth-order valence-electron chi connectivity index (χ4n) is 3.19. The summed E-state index contributed by atoms with van der Waals surface area (Å²) in [6.07, 6.45) is 1.12. The highest BCUT2D eigenvalue weighted by Gasteiger charge is 2.23. The van der Waals surface area contributed by atoms with Crippen molar-refractivity contribution < 1.29 is 4.79 Å². The smallest absolute Gasteiger partial charge is 0.217 e. The van der Waals surface area contributed by atoms with Crippen LogP contribution in [0.2, 0.25) is 0 Å². The molecule has 1 aliphatic heterocycles. The molecule has 0 aromatic heterocycles. The highest BCUT2D eigenvalue weighted by molar-refractivity contribution is 5.73. The molecule has 1 N–H and O–H groups in total. The normalized spacial score (nSPS) is 19.8. The topological polar surface area (TPSA) is 59.4 Å². The van der Waals surface area contributed by atoms with E-state index in [2.05, 4.69) is 34.2 Å². The van der Waals surface area contributed by atoms with Gasteiger partial charge in [0.25, 0.3) is 0 Å². The zero-order chi connectivity index (χ0) is 16.7. The van der Waals surface area contributed by atoms with Gasteiger partial charge in [-0.25, -0.2) is 0 Å². The molecule has 1 fully saturated rings. The number of nitrogens with one attached hydrogen (secondary N) is 1. The van der Waals surface area contributed by atoms with E-state index in [0.29, 0.717) is 5.56 Å². The van der Waals surface area contributed by atoms with Gasteiger partial charge in [0, 0.05) is 39.6 Å². The lowest BCUT2D eigenvalue weighted by atomic mass is 10.1. The molecule has 0 spiro atoms. The highest BCUT2D eigenvalue weighted by atomic mass is 16.1. The van der Waals surface area contributed by atoms with E-state index >= 15 is 0 Å². The Morgan fingerprint density at radius 2 is 2.09 bits per heavy atom. The summed E-state index contributed by atoms with van der Waals surface area (Å²) in [4.78, 5) is 16.2. The summed E-state index contributed by atoms with van der Waals surface area (Å²) in [5.74, 6) is 0.0276. The van der Waals surface area contributed by atoms with Gasteiger partial charge in [-0.1, -0.05) is 19.1 Å². The Morgan fingerprint density at radius 1 is 1.35 bits per heavy atom.